The van der Waals surface area contributed by atoms with Gasteiger partial charge in [0.15, 0.2) is 24.4 Å². The van der Waals surface area contributed by atoms with Gasteiger partial charge in [0.1, 0.15) is 5.75 Å². The lowest BCUT2D eigenvalue weighted by atomic mass is 10.2. The molecule has 7 heteroatoms. The molecule has 0 aliphatic carbocycles. The highest BCUT2D eigenvalue weighted by molar-refractivity contribution is 9.10. The Bertz CT molecular complexity index is 748. The summed E-state index contributed by atoms with van der Waals surface area (Å²) < 4.78 is 16.4. The highest BCUT2D eigenvalue weighted by atomic mass is 79.9. The third-order valence-electron chi connectivity index (χ3n) is 3.15. The zero-order valence-electron chi connectivity index (χ0n) is 13.2. The van der Waals surface area contributed by atoms with Crippen LogP contribution in [0.2, 0.25) is 0 Å². The molecule has 0 unspecified atom stereocenters. The number of halogens is 1. The molecule has 2 aromatic carbocycles. The summed E-state index contributed by atoms with van der Waals surface area (Å²) in [7, 11) is 3.00. The van der Waals surface area contributed by atoms with Crippen molar-refractivity contribution in [3.05, 3.63) is 46.4 Å². The third kappa shape index (κ3) is 4.26. The van der Waals surface area contributed by atoms with Gasteiger partial charge in [-0.05, 0) is 40.2 Å². The van der Waals surface area contributed by atoms with Crippen molar-refractivity contribution < 1.29 is 23.8 Å². The molecule has 0 spiro atoms. The van der Waals surface area contributed by atoms with Crippen LogP contribution in [0.4, 0.5) is 5.69 Å². The molecular weight excluding hydrogens is 378 g/mol. The van der Waals surface area contributed by atoms with Gasteiger partial charge in [-0.3, -0.25) is 9.59 Å². The van der Waals surface area contributed by atoms with Crippen LogP contribution in [0.15, 0.2) is 40.9 Å². The molecule has 0 radical (unpaired) electrons. The van der Waals surface area contributed by atoms with Gasteiger partial charge in [-0.2, -0.15) is 0 Å². The first kappa shape index (κ1) is 17.8. The molecule has 24 heavy (non-hydrogen) atoms. The Labute approximate surface area is 147 Å². The topological polar surface area (TPSA) is 73.9 Å². The number of para-hydroxylation sites is 2. The van der Waals surface area contributed by atoms with Gasteiger partial charge < -0.3 is 19.5 Å². The maximum Gasteiger partial charge on any atom is 0.262 e. The van der Waals surface area contributed by atoms with E-state index < -0.39 is 0 Å². The molecule has 0 saturated heterocycles. The quantitative estimate of drug-likeness (QED) is 0.730. The monoisotopic (exact) mass is 393 g/mol. The Hall–Kier alpha value is -2.54. The molecular formula is C17H16BrNO5. The molecule has 0 aliphatic heterocycles. The second kappa shape index (κ2) is 8.35. The first-order chi connectivity index (χ1) is 11.6. The van der Waals surface area contributed by atoms with E-state index in [0.29, 0.717) is 39.3 Å². The van der Waals surface area contributed by atoms with Crippen molar-refractivity contribution in [2.24, 2.45) is 0 Å². The molecule has 0 atom stereocenters. The maximum atomic E-state index is 12.1. The van der Waals surface area contributed by atoms with Gasteiger partial charge in [0.25, 0.3) is 5.91 Å². The Kier molecular flexibility index (Phi) is 6.20. The van der Waals surface area contributed by atoms with Crippen molar-refractivity contribution in [2.75, 3.05) is 26.1 Å². The van der Waals surface area contributed by atoms with E-state index in [1.165, 1.54) is 20.3 Å². The average molecular weight is 394 g/mol. The van der Waals surface area contributed by atoms with Gasteiger partial charge in [-0.1, -0.05) is 12.1 Å². The minimum absolute atomic E-state index is 0.242. The van der Waals surface area contributed by atoms with Crippen molar-refractivity contribution in [1.29, 1.82) is 0 Å². The number of aldehydes is 1. The fourth-order valence-electron chi connectivity index (χ4n) is 1.99. The molecule has 0 fully saturated rings. The van der Waals surface area contributed by atoms with Crippen LogP contribution in [0.1, 0.15) is 10.4 Å². The van der Waals surface area contributed by atoms with Crippen LogP contribution in [-0.2, 0) is 4.79 Å². The van der Waals surface area contributed by atoms with Gasteiger partial charge >= 0.3 is 0 Å². The van der Waals surface area contributed by atoms with Crippen LogP contribution in [0.5, 0.6) is 17.2 Å². The molecule has 2 aromatic rings. The second-order valence-electron chi connectivity index (χ2n) is 4.68. The summed E-state index contributed by atoms with van der Waals surface area (Å²) in [5.41, 5.74) is 0.945. The fourth-order valence-corrected chi connectivity index (χ4v) is 2.41. The molecule has 2 rings (SSSR count). The highest BCUT2D eigenvalue weighted by Gasteiger charge is 2.13. The number of nitrogens with one attached hydrogen (secondary N) is 1. The van der Waals surface area contributed by atoms with E-state index in [-0.39, 0.29) is 12.5 Å². The molecule has 0 aliphatic rings. The van der Waals surface area contributed by atoms with Crippen molar-refractivity contribution >= 4 is 33.8 Å². The molecule has 0 heterocycles. The minimum atomic E-state index is -0.364. The van der Waals surface area contributed by atoms with Crippen LogP contribution in [-0.4, -0.2) is 33.0 Å². The van der Waals surface area contributed by atoms with E-state index in [1.54, 1.807) is 30.3 Å². The van der Waals surface area contributed by atoms with Crippen molar-refractivity contribution in [1.82, 2.24) is 0 Å². The predicted molar refractivity (Wildman–Crippen MR) is 93.2 cm³/mol. The molecule has 1 N–H and O–H groups in total. The fraction of sp³-hybridized carbons (Fsp3) is 0.176. The number of rotatable bonds is 7. The first-order valence-corrected chi connectivity index (χ1v) is 7.76. The van der Waals surface area contributed by atoms with E-state index in [1.807, 2.05) is 0 Å². The minimum Gasteiger partial charge on any atom is -0.495 e. The smallest absolute Gasteiger partial charge is 0.262 e. The van der Waals surface area contributed by atoms with Crippen molar-refractivity contribution in [2.45, 2.75) is 0 Å². The maximum absolute atomic E-state index is 12.1. The van der Waals surface area contributed by atoms with E-state index in [4.69, 9.17) is 14.2 Å². The Morgan fingerprint density at radius 3 is 2.50 bits per heavy atom. The summed E-state index contributed by atoms with van der Waals surface area (Å²) in [6.07, 6.45) is 0.686. The van der Waals surface area contributed by atoms with Crippen LogP contribution in [0, 0.1) is 0 Å². The number of ether oxygens (including phenoxy) is 3. The van der Waals surface area contributed by atoms with Gasteiger partial charge in [0.2, 0.25) is 0 Å². The van der Waals surface area contributed by atoms with Crippen LogP contribution >= 0.6 is 15.9 Å². The average Bonchev–Trinajstić information content (AvgIpc) is 2.60. The molecule has 0 saturated carbocycles. The predicted octanol–water partition coefficient (Wildman–Crippen LogP) is 3.30. The summed E-state index contributed by atoms with van der Waals surface area (Å²) in [5, 5.41) is 2.70. The number of benzene rings is 2. The summed E-state index contributed by atoms with van der Waals surface area (Å²) >= 11 is 3.26. The van der Waals surface area contributed by atoms with E-state index in [9.17, 15) is 9.59 Å². The van der Waals surface area contributed by atoms with Gasteiger partial charge in [0, 0.05) is 10.0 Å². The lowest BCUT2D eigenvalue weighted by molar-refractivity contribution is -0.118. The SMILES string of the molecule is COc1ccccc1NC(=O)COc1cc(C=O)c(Br)cc1OC. The van der Waals surface area contributed by atoms with Crippen LogP contribution < -0.4 is 19.5 Å². The van der Waals surface area contributed by atoms with E-state index >= 15 is 0 Å². The number of carbonyl (C=O) groups excluding carboxylic acids is 2. The number of carbonyl (C=O) groups is 2. The number of anilines is 1. The summed E-state index contributed by atoms with van der Waals surface area (Å²) in [6, 6.07) is 10.2. The highest BCUT2D eigenvalue weighted by Crippen LogP contribution is 2.33. The lowest BCUT2D eigenvalue weighted by Crippen LogP contribution is -2.20. The molecule has 0 aromatic heterocycles. The van der Waals surface area contributed by atoms with Crippen LogP contribution in [0.25, 0.3) is 0 Å². The zero-order valence-corrected chi connectivity index (χ0v) is 14.8. The standard InChI is InChI=1S/C17H16BrNO5/c1-22-14-6-4-3-5-13(14)19-17(21)10-24-16-7-11(9-20)12(18)8-15(16)23-2/h3-9H,10H2,1-2H3,(H,19,21). The second-order valence-corrected chi connectivity index (χ2v) is 5.53. The Morgan fingerprint density at radius 1 is 1.12 bits per heavy atom. The summed E-state index contributed by atoms with van der Waals surface area (Å²) in [5.74, 6) is 0.906. The number of methoxy groups -OCH3 is 2. The number of hydrogen-bond donors (Lipinski definition) is 1. The van der Waals surface area contributed by atoms with E-state index in [2.05, 4.69) is 21.2 Å². The molecule has 0 bridgehead atoms. The molecule has 1 amide bonds. The van der Waals surface area contributed by atoms with Crippen molar-refractivity contribution in [3.8, 4) is 17.2 Å². The van der Waals surface area contributed by atoms with Gasteiger partial charge in [-0.15, -0.1) is 0 Å². The summed E-state index contributed by atoms with van der Waals surface area (Å²) in [6.45, 7) is -0.242. The third-order valence-corrected chi connectivity index (χ3v) is 3.84. The largest absolute Gasteiger partial charge is 0.495 e. The number of hydrogen-bond acceptors (Lipinski definition) is 5. The lowest BCUT2D eigenvalue weighted by Gasteiger charge is -2.13. The zero-order chi connectivity index (χ0) is 17.5. The van der Waals surface area contributed by atoms with Gasteiger partial charge in [0.05, 0.1) is 19.9 Å². The summed E-state index contributed by atoms with van der Waals surface area (Å²) in [4.78, 5) is 23.1. The van der Waals surface area contributed by atoms with Crippen LogP contribution in [0.3, 0.4) is 0 Å². The van der Waals surface area contributed by atoms with E-state index in [0.717, 1.165) is 0 Å². The van der Waals surface area contributed by atoms with Crippen molar-refractivity contribution in [3.63, 3.8) is 0 Å². The number of amides is 1. The normalized spacial score (nSPS) is 9.96. The molecule has 126 valence electrons. The Balaban J connectivity index is 2.07. The Morgan fingerprint density at radius 2 is 1.83 bits per heavy atom. The molecule has 6 nitrogen and oxygen atoms in total. The first-order valence-electron chi connectivity index (χ1n) is 6.97. The van der Waals surface area contributed by atoms with Gasteiger partial charge in [-0.25, -0.2) is 0 Å².